The van der Waals surface area contributed by atoms with Gasteiger partial charge in [0.2, 0.25) is 0 Å². The average molecular weight is 1010 g/mol. The van der Waals surface area contributed by atoms with Crippen molar-refractivity contribution >= 4 is 43.0 Å². The maximum atomic E-state index is 14.2. The highest BCUT2D eigenvalue weighted by atomic mass is 28.4. The molecule has 0 aromatic heterocycles. The Morgan fingerprint density at radius 2 is 1.47 bits per heavy atom. The summed E-state index contributed by atoms with van der Waals surface area (Å²) >= 11 is 0. The summed E-state index contributed by atoms with van der Waals surface area (Å²) in [5.41, 5.74) is -0.957. The van der Waals surface area contributed by atoms with Crippen LogP contribution in [0.2, 0.25) is 54.4 Å². The van der Waals surface area contributed by atoms with Crippen LogP contribution in [0, 0.1) is 11.8 Å². The number of amides is 1. The van der Waals surface area contributed by atoms with Gasteiger partial charge in [-0.25, -0.2) is 4.79 Å². The molecule has 1 N–H and O–H groups in total. The van der Waals surface area contributed by atoms with Gasteiger partial charge >= 0.3 is 18.0 Å². The molecule has 3 aliphatic heterocycles. The van der Waals surface area contributed by atoms with Gasteiger partial charge in [-0.1, -0.05) is 107 Å². The zero-order chi connectivity index (χ0) is 50.9. The summed E-state index contributed by atoms with van der Waals surface area (Å²) in [5.74, 6) is -0.875. The van der Waals surface area contributed by atoms with Gasteiger partial charge in [0.25, 0.3) is 0 Å². The van der Waals surface area contributed by atoms with Crippen molar-refractivity contribution < 1.29 is 46.6 Å². The van der Waals surface area contributed by atoms with Crippen LogP contribution in [0.25, 0.3) is 0 Å². The lowest BCUT2D eigenvalue weighted by Crippen LogP contribution is -2.51. The van der Waals surface area contributed by atoms with E-state index in [2.05, 4.69) is 101 Å². The summed E-state index contributed by atoms with van der Waals surface area (Å²) in [6.45, 7) is 36.5. The summed E-state index contributed by atoms with van der Waals surface area (Å²) in [5, 5.41) is 3.29. The lowest BCUT2D eigenvalue weighted by molar-refractivity contribution is -0.168. The highest BCUT2D eigenvalue weighted by Crippen LogP contribution is 2.43. The first-order valence-electron chi connectivity index (χ1n) is 27.0. The molecule has 15 heteroatoms. The number of carbonyl (C=O) groups is 3. The number of esters is 2. The van der Waals surface area contributed by atoms with Crippen LogP contribution in [-0.2, 0) is 41.8 Å². The zero-order valence-electron chi connectivity index (χ0n) is 45.8. The maximum Gasteiger partial charge on any atom is 0.410 e. The first-order valence-corrected chi connectivity index (χ1v) is 34.6. The van der Waals surface area contributed by atoms with Crippen molar-refractivity contribution in [3.8, 4) is 0 Å². The number of hydrogen-bond donors (Lipinski definition) is 1. The summed E-state index contributed by atoms with van der Waals surface area (Å²) in [6, 6.07) is 9.21. The summed E-state index contributed by atoms with van der Waals surface area (Å²) in [6.07, 6.45) is 10.4. The lowest BCUT2D eigenvalue weighted by atomic mass is 9.88. The fourth-order valence-electron chi connectivity index (χ4n) is 10.7. The van der Waals surface area contributed by atoms with Crippen LogP contribution >= 0.6 is 0 Å². The number of cyclic esters (lactones) is 1. The Morgan fingerprint density at radius 1 is 0.897 bits per heavy atom. The first-order chi connectivity index (χ1) is 32.2. The Balaban J connectivity index is 2.07. The number of hydrogen-bond acceptors (Lipinski definition) is 11. The van der Waals surface area contributed by atoms with Crippen LogP contribution in [0.1, 0.15) is 143 Å². The van der Waals surface area contributed by atoms with Gasteiger partial charge in [-0.15, -0.1) is 0 Å². The molecule has 2 saturated heterocycles. The lowest BCUT2D eigenvalue weighted by Gasteiger charge is -2.39. The molecule has 3 rings (SSSR count). The van der Waals surface area contributed by atoms with Crippen molar-refractivity contribution in [2.75, 3.05) is 26.2 Å². The van der Waals surface area contributed by atoms with Crippen molar-refractivity contribution in [2.45, 2.75) is 245 Å². The van der Waals surface area contributed by atoms with E-state index in [9.17, 15) is 14.4 Å². The van der Waals surface area contributed by atoms with E-state index in [1.807, 2.05) is 39.0 Å². The molecule has 3 heterocycles. The second kappa shape index (κ2) is 27.6. The van der Waals surface area contributed by atoms with E-state index in [1.165, 1.54) is 6.92 Å². The van der Waals surface area contributed by atoms with E-state index >= 15 is 0 Å². The molecule has 2 fully saturated rings. The minimum absolute atomic E-state index is 0.0548. The molecule has 0 spiro atoms. The number of ether oxygens (including phenoxy) is 4. The molecule has 0 aromatic carbocycles. The molecule has 392 valence electrons. The second-order valence-corrected chi connectivity index (χ2v) is 34.9. The Labute approximate surface area is 417 Å². The minimum Gasteiger partial charge on any atom is -0.457 e. The van der Waals surface area contributed by atoms with Crippen LogP contribution in [-0.4, -0.2) is 122 Å². The smallest absolute Gasteiger partial charge is 0.410 e. The number of nitrogens with zero attached hydrogens (tertiary/aromatic N) is 1. The molecule has 6 unspecified atom stereocenters. The molecule has 0 radical (unpaired) electrons. The fraction of sp³-hybridized carbons (Fsp3) is 0.830. The van der Waals surface area contributed by atoms with Crippen molar-refractivity contribution in [3.05, 3.63) is 36.0 Å². The predicted molar refractivity (Wildman–Crippen MR) is 283 cm³/mol. The van der Waals surface area contributed by atoms with Gasteiger partial charge in [-0.3, -0.25) is 9.59 Å². The van der Waals surface area contributed by atoms with Gasteiger partial charge in [-0.05, 0) is 106 Å². The van der Waals surface area contributed by atoms with Crippen LogP contribution in [0.15, 0.2) is 36.0 Å². The number of piperazine rings is 1. The number of epoxide rings is 1. The highest BCUT2D eigenvalue weighted by Gasteiger charge is 2.51. The number of carbonyl (C=O) groups excluding carboxylic acids is 3. The number of rotatable bonds is 25. The van der Waals surface area contributed by atoms with E-state index < -0.39 is 66.5 Å². The van der Waals surface area contributed by atoms with E-state index in [4.69, 9.17) is 32.2 Å². The van der Waals surface area contributed by atoms with E-state index in [0.717, 1.165) is 72.8 Å². The molecule has 0 aromatic rings. The first kappa shape index (κ1) is 60.2. The molecule has 68 heavy (non-hydrogen) atoms. The molecular formula is C53H98N2O10Si3. The largest absolute Gasteiger partial charge is 0.457 e. The standard InChI is InChI=1S/C53H98N2O10Si3/c1-17-45(64-67(21-5,22-6)23-7)42(13)50-46(59-50)39-52(15,65-68(24-8,25-9)26-10)32-27-28-40(11)49-41(12)29-30-47(60-51(58)55-36-34-54-35-37-55)53(16,62-43(14)56)33-31-44(38-48(57)61-49)63-66(18-2,19-3)20-4/h27-30,32,41-42,44-47,49-50,54H,17-26,31,33-39H2,1-16H3/b30-29?,32-27+,40-28+/t41?,42-,44?,45+,46-,47?,49?,50-,52?,53?/m1/s1. The van der Waals surface area contributed by atoms with Gasteiger partial charge in [-0.2, -0.15) is 0 Å². The van der Waals surface area contributed by atoms with Crippen LogP contribution < -0.4 is 5.32 Å². The van der Waals surface area contributed by atoms with Crippen molar-refractivity contribution in [3.63, 3.8) is 0 Å². The molecule has 1 amide bonds. The van der Waals surface area contributed by atoms with Crippen molar-refractivity contribution in [2.24, 2.45) is 11.8 Å². The predicted octanol–water partition coefficient (Wildman–Crippen LogP) is 12.3. The topological polar surface area (TPSA) is 134 Å². The molecule has 0 aliphatic carbocycles. The molecule has 12 nitrogen and oxygen atoms in total. The third-order valence-corrected chi connectivity index (χ3v) is 30.5. The van der Waals surface area contributed by atoms with Gasteiger partial charge < -0.3 is 42.4 Å². The van der Waals surface area contributed by atoms with E-state index in [0.29, 0.717) is 39.0 Å². The molecular weight excluding hydrogens is 909 g/mol. The van der Waals surface area contributed by atoms with Gasteiger partial charge in [0, 0.05) is 57.5 Å². The Morgan fingerprint density at radius 3 is 2.00 bits per heavy atom. The van der Waals surface area contributed by atoms with Crippen LogP contribution in [0.3, 0.4) is 0 Å². The Bertz CT molecular complexity index is 1640. The average Bonchev–Trinajstić information content (AvgIpc) is 4.10. The summed E-state index contributed by atoms with van der Waals surface area (Å²) in [7, 11) is -6.05. The normalized spacial score (nSPS) is 27.7. The summed E-state index contributed by atoms with van der Waals surface area (Å²) < 4.78 is 46.9. The zero-order valence-corrected chi connectivity index (χ0v) is 48.8. The molecule has 0 saturated carbocycles. The van der Waals surface area contributed by atoms with E-state index in [-0.39, 0.29) is 42.5 Å². The number of nitrogens with one attached hydrogen (secondary N) is 1. The fourth-order valence-corrected chi connectivity index (χ4v) is 19.7. The third-order valence-electron chi connectivity index (χ3n) is 16.3. The Hall–Kier alpha value is -2.12. The van der Waals surface area contributed by atoms with Crippen LogP contribution in [0.5, 0.6) is 0 Å². The third kappa shape index (κ3) is 16.7. The van der Waals surface area contributed by atoms with Crippen molar-refractivity contribution in [1.82, 2.24) is 10.2 Å². The van der Waals surface area contributed by atoms with Crippen molar-refractivity contribution in [1.29, 1.82) is 0 Å². The van der Waals surface area contributed by atoms with Gasteiger partial charge in [0.05, 0.1) is 30.3 Å². The van der Waals surface area contributed by atoms with Gasteiger partial charge in [0.15, 0.2) is 31.1 Å². The maximum absolute atomic E-state index is 14.2. The molecule has 0 bridgehead atoms. The number of allylic oxidation sites excluding steroid dienone is 2. The van der Waals surface area contributed by atoms with Crippen LogP contribution in [0.4, 0.5) is 4.79 Å². The minimum atomic E-state index is -2.19. The van der Waals surface area contributed by atoms with E-state index in [1.54, 1.807) is 4.90 Å². The Kier molecular flexibility index (Phi) is 24.5. The quantitative estimate of drug-likeness (QED) is 0.0234. The second-order valence-electron chi connectivity index (χ2n) is 20.8. The summed E-state index contributed by atoms with van der Waals surface area (Å²) in [4.78, 5) is 42.4. The molecule has 10 atom stereocenters. The molecule has 3 aliphatic rings. The highest BCUT2D eigenvalue weighted by molar-refractivity contribution is 6.74. The monoisotopic (exact) mass is 1010 g/mol. The van der Waals surface area contributed by atoms with Gasteiger partial charge in [0.1, 0.15) is 11.7 Å². The SMILES string of the molecule is CC[C@H](O[Si](CC)(CC)CC)[C@@H](C)[C@H]1O[C@@H]1CC(C)(/C=C/C=C(\C)C1OC(=O)CC(O[Si](CC)(CC)CC)CCC(C)(OC(C)=O)C(OC(=O)N2CCNCC2)C=CC1C)O[Si](CC)(CC)CC.